The van der Waals surface area contributed by atoms with Gasteiger partial charge in [-0.15, -0.1) is 0 Å². The Hall–Kier alpha value is -2.83. The molecule has 2 aromatic rings. The summed E-state index contributed by atoms with van der Waals surface area (Å²) in [6, 6.07) is 6.55. The van der Waals surface area contributed by atoms with E-state index in [0.717, 1.165) is 12.1 Å². The first-order valence-electron chi connectivity index (χ1n) is 6.03. The number of rotatable bonds is 3. The number of halogens is 2. The van der Waals surface area contributed by atoms with E-state index in [0.29, 0.717) is 17.3 Å². The third kappa shape index (κ3) is 3.82. The zero-order valence-corrected chi connectivity index (χ0v) is 10.9. The highest BCUT2D eigenvalue weighted by molar-refractivity contribution is 5.89. The SMILES string of the molecule is Nc1ccc(O)c(CNC(=O)Nc2ccc(F)cc2F)c1. The Kier molecular flexibility index (Phi) is 4.22. The maximum absolute atomic E-state index is 13.4. The number of benzene rings is 2. The highest BCUT2D eigenvalue weighted by Gasteiger charge is 2.09. The van der Waals surface area contributed by atoms with Gasteiger partial charge in [0.25, 0.3) is 0 Å². The Labute approximate surface area is 119 Å². The molecule has 0 atom stereocenters. The van der Waals surface area contributed by atoms with Gasteiger partial charge in [-0.25, -0.2) is 13.6 Å². The summed E-state index contributed by atoms with van der Waals surface area (Å²) in [5.41, 5.74) is 6.28. The van der Waals surface area contributed by atoms with Crippen LogP contribution in [0.2, 0.25) is 0 Å². The van der Waals surface area contributed by atoms with Crippen LogP contribution in [0.1, 0.15) is 5.56 Å². The van der Waals surface area contributed by atoms with Crippen LogP contribution in [0.25, 0.3) is 0 Å². The van der Waals surface area contributed by atoms with Crippen molar-refractivity contribution in [1.82, 2.24) is 5.32 Å². The van der Waals surface area contributed by atoms with E-state index in [4.69, 9.17) is 5.73 Å². The van der Waals surface area contributed by atoms with Gasteiger partial charge in [-0.3, -0.25) is 0 Å². The topological polar surface area (TPSA) is 87.4 Å². The van der Waals surface area contributed by atoms with Crippen molar-refractivity contribution in [2.24, 2.45) is 0 Å². The van der Waals surface area contributed by atoms with Crippen LogP contribution in [-0.4, -0.2) is 11.1 Å². The maximum atomic E-state index is 13.4. The number of phenols is 1. The van der Waals surface area contributed by atoms with Gasteiger partial charge in [-0.2, -0.15) is 0 Å². The Morgan fingerprint density at radius 1 is 1.19 bits per heavy atom. The standard InChI is InChI=1S/C14H13F2N3O2/c15-9-1-3-12(11(16)6-9)19-14(21)18-7-8-5-10(17)2-4-13(8)20/h1-6,20H,7,17H2,(H2,18,19,21). The van der Waals surface area contributed by atoms with Crippen molar-refractivity contribution in [1.29, 1.82) is 0 Å². The normalized spacial score (nSPS) is 10.2. The number of urea groups is 1. The molecule has 0 radical (unpaired) electrons. The maximum Gasteiger partial charge on any atom is 0.319 e. The molecule has 0 aliphatic rings. The zero-order chi connectivity index (χ0) is 15.4. The second-order valence-corrected chi connectivity index (χ2v) is 4.32. The highest BCUT2D eigenvalue weighted by Crippen LogP contribution is 2.19. The first kappa shape index (κ1) is 14.6. The molecule has 0 saturated carbocycles. The zero-order valence-electron chi connectivity index (χ0n) is 10.9. The summed E-state index contributed by atoms with van der Waals surface area (Å²) in [6.07, 6.45) is 0. The lowest BCUT2D eigenvalue weighted by atomic mass is 10.2. The molecule has 110 valence electrons. The van der Waals surface area contributed by atoms with E-state index < -0.39 is 17.7 Å². The van der Waals surface area contributed by atoms with Gasteiger partial charge in [0.2, 0.25) is 0 Å². The Morgan fingerprint density at radius 2 is 1.95 bits per heavy atom. The third-order valence-corrected chi connectivity index (χ3v) is 2.72. The van der Waals surface area contributed by atoms with E-state index in [2.05, 4.69) is 10.6 Å². The van der Waals surface area contributed by atoms with E-state index in [9.17, 15) is 18.7 Å². The van der Waals surface area contributed by atoms with Gasteiger partial charge in [0.1, 0.15) is 17.4 Å². The molecule has 7 heteroatoms. The van der Waals surface area contributed by atoms with E-state index >= 15 is 0 Å². The average molecular weight is 293 g/mol. The van der Waals surface area contributed by atoms with Gasteiger partial charge in [0.15, 0.2) is 0 Å². The molecular weight excluding hydrogens is 280 g/mol. The smallest absolute Gasteiger partial charge is 0.319 e. The molecule has 0 spiro atoms. The molecule has 5 N–H and O–H groups in total. The van der Waals surface area contributed by atoms with Crippen molar-refractivity contribution in [2.45, 2.75) is 6.54 Å². The van der Waals surface area contributed by atoms with Crippen LogP contribution in [0, 0.1) is 11.6 Å². The fraction of sp³-hybridized carbons (Fsp3) is 0.0714. The highest BCUT2D eigenvalue weighted by atomic mass is 19.1. The van der Waals surface area contributed by atoms with Gasteiger partial charge in [0, 0.05) is 23.9 Å². The number of aromatic hydroxyl groups is 1. The summed E-state index contributed by atoms with van der Waals surface area (Å²) in [5, 5.41) is 14.3. The largest absolute Gasteiger partial charge is 0.508 e. The van der Waals surface area contributed by atoms with Crippen LogP contribution in [0.15, 0.2) is 36.4 Å². The molecule has 0 bridgehead atoms. The summed E-state index contributed by atoms with van der Waals surface area (Å²) >= 11 is 0. The first-order valence-corrected chi connectivity index (χ1v) is 6.03. The second kappa shape index (κ2) is 6.08. The number of carbonyl (C=O) groups is 1. The van der Waals surface area contributed by atoms with Gasteiger partial charge < -0.3 is 21.5 Å². The number of anilines is 2. The van der Waals surface area contributed by atoms with Crippen molar-refractivity contribution in [2.75, 3.05) is 11.1 Å². The summed E-state index contributed by atoms with van der Waals surface area (Å²) in [4.78, 5) is 11.6. The van der Waals surface area contributed by atoms with Crippen molar-refractivity contribution in [3.8, 4) is 5.75 Å². The van der Waals surface area contributed by atoms with Crippen molar-refractivity contribution in [3.05, 3.63) is 53.6 Å². The molecular formula is C14H13F2N3O2. The summed E-state index contributed by atoms with van der Waals surface area (Å²) < 4.78 is 26.1. The van der Waals surface area contributed by atoms with Gasteiger partial charge in [-0.1, -0.05) is 0 Å². The predicted octanol–water partition coefficient (Wildman–Crippen LogP) is 2.57. The summed E-state index contributed by atoms with van der Waals surface area (Å²) in [7, 11) is 0. The number of phenolic OH excluding ortho intramolecular Hbond substituents is 1. The molecule has 0 heterocycles. The van der Waals surface area contributed by atoms with Crippen molar-refractivity contribution >= 4 is 17.4 Å². The minimum atomic E-state index is -0.878. The first-order chi connectivity index (χ1) is 9.95. The molecule has 0 fully saturated rings. The van der Waals surface area contributed by atoms with E-state index in [1.807, 2.05) is 0 Å². The number of amides is 2. The number of hydrogen-bond donors (Lipinski definition) is 4. The van der Waals surface area contributed by atoms with E-state index in [1.165, 1.54) is 18.2 Å². The molecule has 0 aromatic heterocycles. The molecule has 5 nitrogen and oxygen atoms in total. The lowest BCUT2D eigenvalue weighted by molar-refractivity contribution is 0.251. The molecule has 2 amide bonds. The van der Waals surface area contributed by atoms with Crippen LogP contribution in [0.3, 0.4) is 0 Å². The molecule has 0 saturated heterocycles. The number of hydrogen-bond acceptors (Lipinski definition) is 3. The lowest BCUT2D eigenvalue weighted by Crippen LogP contribution is -2.28. The fourth-order valence-electron chi connectivity index (χ4n) is 1.68. The van der Waals surface area contributed by atoms with Gasteiger partial charge in [-0.05, 0) is 30.3 Å². The Morgan fingerprint density at radius 3 is 2.67 bits per heavy atom. The average Bonchev–Trinajstić information content (AvgIpc) is 2.43. The number of carbonyl (C=O) groups excluding carboxylic acids is 1. The number of nitrogen functional groups attached to an aromatic ring is 1. The van der Waals surface area contributed by atoms with E-state index in [-0.39, 0.29) is 18.0 Å². The molecule has 0 aliphatic carbocycles. The van der Waals surface area contributed by atoms with Crippen molar-refractivity contribution in [3.63, 3.8) is 0 Å². The minimum absolute atomic E-state index is 0.00548. The number of nitrogens with two attached hydrogens (primary N) is 1. The van der Waals surface area contributed by atoms with Crippen LogP contribution in [0.4, 0.5) is 25.0 Å². The van der Waals surface area contributed by atoms with Crippen LogP contribution < -0.4 is 16.4 Å². The minimum Gasteiger partial charge on any atom is -0.508 e. The molecule has 2 aromatic carbocycles. The predicted molar refractivity (Wildman–Crippen MR) is 74.7 cm³/mol. The second-order valence-electron chi connectivity index (χ2n) is 4.32. The third-order valence-electron chi connectivity index (χ3n) is 2.72. The van der Waals surface area contributed by atoms with Gasteiger partial charge in [0.05, 0.1) is 5.69 Å². The quantitative estimate of drug-likeness (QED) is 0.518. The lowest BCUT2D eigenvalue weighted by Gasteiger charge is -2.10. The Balaban J connectivity index is 1.97. The van der Waals surface area contributed by atoms with E-state index in [1.54, 1.807) is 0 Å². The van der Waals surface area contributed by atoms with Gasteiger partial charge >= 0.3 is 6.03 Å². The molecule has 0 unspecified atom stereocenters. The molecule has 2 rings (SSSR count). The Bertz CT molecular complexity index is 677. The fourth-order valence-corrected chi connectivity index (χ4v) is 1.68. The van der Waals surface area contributed by atoms with Crippen molar-refractivity contribution < 1.29 is 18.7 Å². The summed E-state index contributed by atoms with van der Waals surface area (Å²) in [5.74, 6) is -1.63. The van der Waals surface area contributed by atoms with Crippen LogP contribution >= 0.6 is 0 Å². The molecule has 0 aliphatic heterocycles. The van der Waals surface area contributed by atoms with Crippen LogP contribution in [0.5, 0.6) is 5.75 Å². The summed E-state index contributed by atoms with van der Waals surface area (Å²) in [6.45, 7) is 0.00548. The van der Waals surface area contributed by atoms with Crippen LogP contribution in [-0.2, 0) is 6.54 Å². The monoisotopic (exact) mass is 293 g/mol. The number of nitrogens with one attached hydrogen (secondary N) is 2. The molecule has 21 heavy (non-hydrogen) atoms.